The number of hydrogen-bond donors (Lipinski definition) is 2. The Hall–Kier alpha value is -0.650. The predicted octanol–water partition coefficient (Wildman–Crippen LogP) is -0.726. The maximum absolute atomic E-state index is 10.9. The second kappa shape index (κ2) is 6.82. The number of carbonyl (C=O) groups is 1. The van der Waals surface area contributed by atoms with E-state index in [1.165, 1.54) is 0 Å². The van der Waals surface area contributed by atoms with Gasteiger partial charge in [0.05, 0.1) is 19.3 Å². The van der Waals surface area contributed by atoms with E-state index >= 15 is 0 Å². The lowest BCUT2D eigenvalue weighted by atomic mass is 10.3. The van der Waals surface area contributed by atoms with Crippen molar-refractivity contribution in [3.63, 3.8) is 0 Å². The first kappa shape index (κ1) is 12.3. The minimum Gasteiger partial charge on any atom is -0.462 e. The summed E-state index contributed by atoms with van der Waals surface area (Å²) < 4.78 is 9.82. The Morgan fingerprint density at radius 1 is 1.46 bits per heavy atom. The van der Waals surface area contributed by atoms with Gasteiger partial charge in [-0.25, -0.2) is 0 Å². The fourth-order valence-electron chi connectivity index (χ4n) is 0.608. The van der Waals surface area contributed by atoms with Crippen molar-refractivity contribution in [3.05, 3.63) is 0 Å². The van der Waals surface area contributed by atoms with Crippen LogP contribution in [0.15, 0.2) is 0 Å². The van der Waals surface area contributed by atoms with Gasteiger partial charge in [-0.05, 0) is 13.8 Å². The molecule has 0 aromatic carbocycles. The standard InChI is InChI=1S/C8H17NO4/c1-6(2)12-3-4-13-8(11)7(9)5-10/h6-7,10H,3-5,9H2,1-2H3. The van der Waals surface area contributed by atoms with Crippen molar-refractivity contribution >= 4 is 5.97 Å². The molecule has 0 aromatic heterocycles. The van der Waals surface area contributed by atoms with Crippen LogP contribution in [-0.2, 0) is 14.3 Å². The molecule has 0 saturated heterocycles. The molecule has 5 nitrogen and oxygen atoms in total. The molecule has 5 heteroatoms. The van der Waals surface area contributed by atoms with Crippen molar-refractivity contribution in [3.8, 4) is 0 Å². The first-order chi connectivity index (χ1) is 6.07. The molecule has 0 rings (SSSR count). The van der Waals surface area contributed by atoms with Crippen molar-refractivity contribution in [1.29, 1.82) is 0 Å². The van der Waals surface area contributed by atoms with Crippen molar-refractivity contribution < 1.29 is 19.4 Å². The molecule has 0 radical (unpaired) electrons. The van der Waals surface area contributed by atoms with Gasteiger partial charge in [-0.2, -0.15) is 0 Å². The minimum atomic E-state index is -0.945. The lowest BCUT2D eigenvalue weighted by Gasteiger charge is -2.10. The number of carbonyl (C=O) groups excluding carboxylic acids is 1. The zero-order valence-corrected chi connectivity index (χ0v) is 8.03. The van der Waals surface area contributed by atoms with Crippen molar-refractivity contribution in [2.75, 3.05) is 19.8 Å². The molecule has 0 bridgehead atoms. The van der Waals surface area contributed by atoms with Gasteiger partial charge in [0.2, 0.25) is 0 Å². The van der Waals surface area contributed by atoms with Crippen LogP contribution in [0.25, 0.3) is 0 Å². The summed E-state index contributed by atoms with van der Waals surface area (Å²) in [4.78, 5) is 10.9. The smallest absolute Gasteiger partial charge is 0.325 e. The summed E-state index contributed by atoms with van der Waals surface area (Å²) >= 11 is 0. The number of rotatable bonds is 6. The minimum absolute atomic E-state index is 0.116. The summed E-state index contributed by atoms with van der Waals surface area (Å²) in [6.07, 6.45) is 0.116. The highest BCUT2D eigenvalue weighted by atomic mass is 16.6. The van der Waals surface area contributed by atoms with E-state index in [-0.39, 0.29) is 12.7 Å². The van der Waals surface area contributed by atoms with Gasteiger partial charge in [0, 0.05) is 0 Å². The van der Waals surface area contributed by atoms with Crippen LogP contribution < -0.4 is 5.73 Å². The molecule has 0 aromatic rings. The highest BCUT2D eigenvalue weighted by Gasteiger charge is 2.12. The molecular formula is C8H17NO4. The van der Waals surface area contributed by atoms with Gasteiger partial charge in [-0.15, -0.1) is 0 Å². The monoisotopic (exact) mass is 191 g/mol. The highest BCUT2D eigenvalue weighted by Crippen LogP contribution is 1.89. The van der Waals surface area contributed by atoms with Gasteiger partial charge in [0.25, 0.3) is 0 Å². The largest absolute Gasteiger partial charge is 0.462 e. The van der Waals surface area contributed by atoms with E-state index in [1.54, 1.807) is 0 Å². The number of aliphatic hydroxyl groups is 1. The second-order valence-electron chi connectivity index (χ2n) is 2.88. The number of nitrogens with two attached hydrogens (primary N) is 1. The number of hydrogen-bond acceptors (Lipinski definition) is 5. The molecule has 0 aliphatic rings. The Bertz CT molecular complexity index is 149. The van der Waals surface area contributed by atoms with Crippen LogP contribution in [0.2, 0.25) is 0 Å². The van der Waals surface area contributed by atoms with E-state index in [9.17, 15) is 4.79 Å². The average molecular weight is 191 g/mol. The summed E-state index contributed by atoms with van der Waals surface area (Å²) in [5.41, 5.74) is 5.19. The Kier molecular flexibility index (Phi) is 6.48. The van der Waals surface area contributed by atoms with Crippen molar-refractivity contribution in [1.82, 2.24) is 0 Å². The first-order valence-electron chi connectivity index (χ1n) is 4.22. The van der Waals surface area contributed by atoms with Crippen molar-refractivity contribution in [2.45, 2.75) is 26.0 Å². The third-order valence-corrected chi connectivity index (χ3v) is 1.28. The summed E-state index contributed by atoms with van der Waals surface area (Å²) in [6.45, 7) is 3.90. The lowest BCUT2D eigenvalue weighted by molar-refractivity contribution is -0.148. The lowest BCUT2D eigenvalue weighted by Crippen LogP contribution is -2.36. The molecule has 0 fully saturated rings. The summed E-state index contributed by atoms with van der Waals surface area (Å²) in [5.74, 6) is -0.602. The predicted molar refractivity (Wildman–Crippen MR) is 47.1 cm³/mol. The first-order valence-corrected chi connectivity index (χ1v) is 4.22. The zero-order chi connectivity index (χ0) is 10.3. The second-order valence-corrected chi connectivity index (χ2v) is 2.88. The van der Waals surface area contributed by atoms with Crippen LogP contribution in [0.1, 0.15) is 13.8 Å². The molecule has 0 saturated carbocycles. The number of ether oxygens (including phenoxy) is 2. The molecule has 1 atom stereocenters. The third-order valence-electron chi connectivity index (χ3n) is 1.28. The normalized spacial score (nSPS) is 13.0. The zero-order valence-electron chi connectivity index (χ0n) is 8.03. The van der Waals surface area contributed by atoms with Gasteiger partial charge in [-0.1, -0.05) is 0 Å². The molecule has 1 unspecified atom stereocenters. The van der Waals surface area contributed by atoms with E-state index in [0.29, 0.717) is 6.61 Å². The van der Waals surface area contributed by atoms with Crippen LogP contribution >= 0.6 is 0 Å². The topological polar surface area (TPSA) is 81.8 Å². The molecule has 0 amide bonds. The van der Waals surface area contributed by atoms with Gasteiger partial charge in [-0.3, -0.25) is 4.79 Å². The van der Waals surface area contributed by atoms with Gasteiger partial charge >= 0.3 is 5.97 Å². The van der Waals surface area contributed by atoms with E-state index in [2.05, 4.69) is 0 Å². The van der Waals surface area contributed by atoms with E-state index < -0.39 is 18.6 Å². The quantitative estimate of drug-likeness (QED) is 0.427. The van der Waals surface area contributed by atoms with Gasteiger partial charge in [0.15, 0.2) is 0 Å². The average Bonchev–Trinajstić information content (AvgIpc) is 2.10. The number of aliphatic hydroxyl groups excluding tert-OH is 1. The van der Waals surface area contributed by atoms with E-state index in [1.807, 2.05) is 13.8 Å². The summed E-state index contributed by atoms with van der Waals surface area (Å²) in [7, 11) is 0. The Balaban J connectivity index is 3.37. The summed E-state index contributed by atoms with van der Waals surface area (Å²) in [6, 6.07) is -0.945. The third kappa shape index (κ3) is 6.51. The SMILES string of the molecule is CC(C)OCCOC(=O)C(N)CO. The van der Waals surface area contributed by atoms with Crippen LogP contribution in [0.3, 0.4) is 0 Å². The molecule has 0 aliphatic carbocycles. The van der Waals surface area contributed by atoms with Crippen LogP contribution in [0.4, 0.5) is 0 Å². The van der Waals surface area contributed by atoms with Crippen LogP contribution in [0.5, 0.6) is 0 Å². The fraction of sp³-hybridized carbons (Fsp3) is 0.875. The molecule has 13 heavy (non-hydrogen) atoms. The molecular weight excluding hydrogens is 174 g/mol. The Labute approximate surface area is 77.8 Å². The van der Waals surface area contributed by atoms with E-state index in [4.69, 9.17) is 20.3 Å². The van der Waals surface area contributed by atoms with Crippen LogP contribution in [-0.4, -0.2) is 43.0 Å². The molecule has 0 heterocycles. The van der Waals surface area contributed by atoms with Crippen LogP contribution in [0, 0.1) is 0 Å². The maximum Gasteiger partial charge on any atom is 0.325 e. The fourth-order valence-corrected chi connectivity index (χ4v) is 0.608. The number of esters is 1. The summed E-state index contributed by atoms with van der Waals surface area (Å²) in [5, 5.41) is 8.49. The molecule has 3 N–H and O–H groups in total. The Morgan fingerprint density at radius 2 is 2.08 bits per heavy atom. The highest BCUT2D eigenvalue weighted by molar-refractivity contribution is 5.75. The van der Waals surface area contributed by atoms with Gasteiger partial charge < -0.3 is 20.3 Å². The van der Waals surface area contributed by atoms with Crippen molar-refractivity contribution in [2.24, 2.45) is 5.73 Å². The van der Waals surface area contributed by atoms with E-state index in [0.717, 1.165) is 0 Å². The molecule has 0 spiro atoms. The molecule has 0 aliphatic heterocycles. The maximum atomic E-state index is 10.9. The van der Waals surface area contributed by atoms with Gasteiger partial charge in [0.1, 0.15) is 12.6 Å². The molecule has 78 valence electrons. The Morgan fingerprint density at radius 3 is 2.54 bits per heavy atom.